The average Bonchev–Trinajstić information content (AvgIpc) is 2.55. The SMILES string of the molecule is COCCN(C(=O)/C=C\c1ccc(F)cc1)c1ccncc1. The van der Waals surface area contributed by atoms with Crippen molar-refractivity contribution in [2.75, 3.05) is 25.2 Å². The molecule has 1 heterocycles. The fourth-order valence-corrected chi connectivity index (χ4v) is 1.90. The summed E-state index contributed by atoms with van der Waals surface area (Å²) in [6.45, 7) is 0.867. The van der Waals surface area contributed by atoms with E-state index < -0.39 is 0 Å². The average molecular weight is 300 g/mol. The molecule has 0 aliphatic rings. The zero-order chi connectivity index (χ0) is 15.8. The summed E-state index contributed by atoms with van der Waals surface area (Å²) < 4.78 is 17.9. The van der Waals surface area contributed by atoms with Crippen molar-refractivity contribution in [3.63, 3.8) is 0 Å². The summed E-state index contributed by atoms with van der Waals surface area (Å²) >= 11 is 0. The smallest absolute Gasteiger partial charge is 0.251 e. The molecule has 0 aliphatic heterocycles. The van der Waals surface area contributed by atoms with Gasteiger partial charge in [-0.2, -0.15) is 0 Å². The summed E-state index contributed by atoms with van der Waals surface area (Å²) in [7, 11) is 1.59. The summed E-state index contributed by atoms with van der Waals surface area (Å²) in [4.78, 5) is 17.9. The lowest BCUT2D eigenvalue weighted by Gasteiger charge is -2.20. The van der Waals surface area contributed by atoms with Gasteiger partial charge >= 0.3 is 0 Å². The number of hydrogen-bond acceptors (Lipinski definition) is 3. The number of carbonyl (C=O) groups is 1. The lowest BCUT2D eigenvalue weighted by Crippen LogP contribution is -2.32. The minimum atomic E-state index is -0.304. The maximum Gasteiger partial charge on any atom is 0.251 e. The van der Waals surface area contributed by atoms with Gasteiger partial charge in [-0.25, -0.2) is 4.39 Å². The fourth-order valence-electron chi connectivity index (χ4n) is 1.90. The molecule has 0 aliphatic carbocycles. The number of halogens is 1. The number of methoxy groups -OCH3 is 1. The summed E-state index contributed by atoms with van der Waals surface area (Å²) in [5.74, 6) is -0.477. The van der Waals surface area contributed by atoms with Crippen molar-refractivity contribution in [3.8, 4) is 0 Å². The first-order chi connectivity index (χ1) is 10.7. The number of anilines is 1. The fraction of sp³-hybridized carbons (Fsp3) is 0.176. The zero-order valence-electron chi connectivity index (χ0n) is 12.3. The standard InChI is InChI=1S/C17H17FN2O2/c1-22-13-12-20(16-8-10-19-11-9-16)17(21)7-4-14-2-5-15(18)6-3-14/h2-11H,12-13H2,1H3/b7-4-. The molecule has 0 saturated heterocycles. The summed E-state index contributed by atoms with van der Waals surface area (Å²) in [6.07, 6.45) is 6.38. The Balaban J connectivity index is 2.13. The third-order valence-corrected chi connectivity index (χ3v) is 3.05. The van der Waals surface area contributed by atoms with E-state index in [-0.39, 0.29) is 11.7 Å². The molecule has 1 aromatic carbocycles. The molecule has 0 unspecified atom stereocenters. The van der Waals surface area contributed by atoms with Crippen LogP contribution in [0, 0.1) is 5.82 Å². The number of ether oxygens (including phenoxy) is 1. The predicted octanol–water partition coefficient (Wildman–Crippen LogP) is 2.91. The van der Waals surface area contributed by atoms with Gasteiger partial charge in [0, 0.05) is 37.8 Å². The third-order valence-electron chi connectivity index (χ3n) is 3.05. The van der Waals surface area contributed by atoms with Gasteiger partial charge in [0.05, 0.1) is 6.61 Å². The van der Waals surface area contributed by atoms with Crippen LogP contribution in [-0.2, 0) is 9.53 Å². The number of carbonyl (C=O) groups excluding carboxylic acids is 1. The minimum absolute atomic E-state index is 0.174. The summed E-state index contributed by atoms with van der Waals surface area (Å²) in [5.41, 5.74) is 1.51. The summed E-state index contributed by atoms with van der Waals surface area (Å²) in [5, 5.41) is 0. The van der Waals surface area contributed by atoms with Crippen molar-refractivity contribution >= 4 is 17.7 Å². The van der Waals surface area contributed by atoms with Crippen LogP contribution < -0.4 is 4.90 Å². The van der Waals surface area contributed by atoms with Crippen LogP contribution in [-0.4, -0.2) is 31.2 Å². The Morgan fingerprint density at radius 3 is 2.55 bits per heavy atom. The first-order valence-electron chi connectivity index (χ1n) is 6.85. The maximum atomic E-state index is 12.9. The van der Waals surface area contributed by atoms with Crippen LogP contribution in [0.5, 0.6) is 0 Å². The van der Waals surface area contributed by atoms with Crippen molar-refractivity contribution in [2.45, 2.75) is 0 Å². The van der Waals surface area contributed by atoms with Crippen LogP contribution in [0.1, 0.15) is 5.56 Å². The highest BCUT2D eigenvalue weighted by Gasteiger charge is 2.12. The first-order valence-corrected chi connectivity index (χ1v) is 6.85. The van der Waals surface area contributed by atoms with E-state index in [1.165, 1.54) is 18.2 Å². The van der Waals surface area contributed by atoms with Crippen LogP contribution in [0.25, 0.3) is 6.08 Å². The Hall–Kier alpha value is -2.53. The van der Waals surface area contributed by atoms with Crippen LogP contribution in [0.2, 0.25) is 0 Å². The molecule has 0 fully saturated rings. The van der Waals surface area contributed by atoms with E-state index in [1.807, 2.05) is 0 Å². The molecule has 4 nitrogen and oxygen atoms in total. The van der Waals surface area contributed by atoms with Gasteiger partial charge in [-0.05, 0) is 35.9 Å². The van der Waals surface area contributed by atoms with Crippen molar-refractivity contribution in [2.24, 2.45) is 0 Å². The summed E-state index contributed by atoms with van der Waals surface area (Å²) in [6, 6.07) is 9.47. The highest BCUT2D eigenvalue weighted by atomic mass is 19.1. The van der Waals surface area contributed by atoms with Crippen molar-refractivity contribution in [1.82, 2.24) is 4.98 Å². The molecule has 1 amide bonds. The van der Waals surface area contributed by atoms with Gasteiger partial charge in [-0.1, -0.05) is 12.1 Å². The van der Waals surface area contributed by atoms with Gasteiger partial charge in [0.25, 0.3) is 5.91 Å². The molecule has 5 heteroatoms. The monoisotopic (exact) mass is 300 g/mol. The Morgan fingerprint density at radius 2 is 1.91 bits per heavy atom. The predicted molar refractivity (Wildman–Crippen MR) is 83.9 cm³/mol. The lowest BCUT2D eigenvalue weighted by molar-refractivity contribution is -0.114. The Labute approximate surface area is 128 Å². The normalized spacial score (nSPS) is 10.8. The quantitative estimate of drug-likeness (QED) is 0.770. The molecule has 0 radical (unpaired) electrons. The molecule has 0 atom stereocenters. The molecular formula is C17H17FN2O2. The first kappa shape index (κ1) is 15.9. The van der Waals surface area contributed by atoms with E-state index in [9.17, 15) is 9.18 Å². The van der Waals surface area contributed by atoms with Gasteiger partial charge in [0.15, 0.2) is 0 Å². The van der Waals surface area contributed by atoms with E-state index in [4.69, 9.17) is 4.74 Å². The van der Waals surface area contributed by atoms with Crippen LogP contribution in [0.3, 0.4) is 0 Å². The number of aromatic nitrogens is 1. The topological polar surface area (TPSA) is 42.4 Å². The molecule has 0 bridgehead atoms. The van der Waals surface area contributed by atoms with Crippen LogP contribution >= 0.6 is 0 Å². The van der Waals surface area contributed by atoms with E-state index in [2.05, 4.69) is 4.98 Å². The highest BCUT2D eigenvalue weighted by molar-refractivity contribution is 6.03. The molecule has 0 N–H and O–H groups in total. The molecule has 22 heavy (non-hydrogen) atoms. The Morgan fingerprint density at radius 1 is 1.23 bits per heavy atom. The molecule has 2 aromatic rings. The number of rotatable bonds is 6. The Kier molecular flexibility index (Phi) is 5.80. The number of pyridine rings is 1. The van der Waals surface area contributed by atoms with Crippen molar-refractivity contribution in [1.29, 1.82) is 0 Å². The Bertz CT molecular complexity index is 627. The zero-order valence-corrected chi connectivity index (χ0v) is 12.3. The van der Waals surface area contributed by atoms with Crippen molar-refractivity contribution in [3.05, 3.63) is 66.2 Å². The molecule has 2 rings (SSSR count). The molecule has 0 spiro atoms. The van der Waals surface area contributed by atoms with Gasteiger partial charge in [-0.3, -0.25) is 9.78 Å². The lowest BCUT2D eigenvalue weighted by atomic mass is 10.2. The number of nitrogens with zero attached hydrogens (tertiary/aromatic N) is 2. The largest absolute Gasteiger partial charge is 0.383 e. The second kappa shape index (κ2) is 8.05. The van der Waals surface area contributed by atoms with Crippen LogP contribution in [0.15, 0.2) is 54.9 Å². The number of hydrogen-bond donors (Lipinski definition) is 0. The van der Waals surface area contributed by atoms with E-state index >= 15 is 0 Å². The van der Waals surface area contributed by atoms with E-state index in [0.29, 0.717) is 13.2 Å². The van der Waals surface area contributed by atoms with Crippen LogP contribution in [0.4, 0.5) is 10.1 Å². The highest BCUT2D eigenvalue weighted by Crippen LogP contribution is 2.13. The number of amides is 1. The second-order valence-electron chi connectivity index (χ2n) is 4.57. The van der Waals surface area contributed by atoms with Gasteiger partial charge in [0.1, 0.15) is 5.82 Å². The molecular weight excluding hydrogens is 283 g/mol. The van der Waals surface area contributed by atoms with Crippen molar-refractivity contribution < 1.29 is 13.9 Å². The van der Waals surface area contributed by atoms with E-state index in [0.717, 1.165) is 11.3 Å². The molecule has 1 aromatic heterocycles. The molecule has 114 valence electrons. The maximum absolute atomic E-state index is 12.9. The van der Waals surface area contributed by atoms with Gasteiger partial charge in [-0.15, -0.1) is 0 Å². The van der Waals surface area contributed by atoms with Gasteiger partial charge < -0.3 is 9.64 Å². The second-order valence-corrected chi connectivity index (χ2v) is 4.57. The molecule has 0 saturated carbocycles. The van der Waals surface area contributed by atoms with E-state index in [1.54, 1.807) is 54.7 Å². The minimum Gasteiger partial charge on any atom is -0.383 e. The third kappa shape index (κ3) is 4.49. The number of benzene rings is 1. The van der Waals surface area contributed by atoms with Gasteiger partial charge in [0.2, 0.25) is 0 Å².